The van der Waals surface area contributed by atoms with Crippen molar-refractivity contribution in [2.24, 2.45) is 5.73 Å². The summed E-state index contributed by atoms with van der Waals surface area (Å²) in [6.45, 7) is 1.08. The predicted molar refractivity (Wildman–Crippen MR) is 66.5 cm³/mol. The maximum absolute atomic E-state index is 11.6. The smallest absolute Gasteiger partial charge is 0.236 e. The van der Waals surface area contributed by atoms with E-state index in [4.69, 9.17) is 5.73 Å². The first kappa shape index (κ1) is 13.1. The van der Waals surface area contributed by atoms with Gasteiger partial charge in [0.25, 0.3) is 0 Å². The molecule has 1 heterocycles. The average Bonchev–Trinajstić information content (AvgIpc) is 2.27. The molecule has 2 aliphatic rings. The molecule has 0 aromatic heterocycles. The van der Waals surface area contributed by atoms with E-state index in [1.54, 1.807) is 0 Å². The van der Waals surface area contributed by atoms with Gasteiger partial charge in [-0.2, -0.15) is 11.8 Å². The summed E-state index contributed by atoms with van der Waals surface area (Å²) in [6.07, 6.45) is 5.07. The minimum atomic E-state index is 0. The average molecular weight is 251 g/mol. The van der Waals surface area contributed by atoms with Crippen LogP contribution in [0.1, 0.15) is 25.7 Å². The molecule has 2 unspecified atom stereocenters. The second-order valence-electron chi connectivity index (χ2n) is 4.05. The zero-order valence-corrected chi connectivity index (χ0v) is 10.5. The second kappa shape index (κ2) is 5.97. The predicted octanol–water partition coefficient (Wildman–Crippen LogP) is 1.25. The fraction of sp³-hybridized carbons (Fsp3) is 0.900. The molecule has 0 aromatic carbocycles. The molecule has 1 amide bonds. The summed E-state index contributed by atoms with van der Waals surface area (Å²) < 4.78 is 0. The van der Waals surface area contributed by atoms with Crippen molar-refractivity contribution in [2.45, 2.75) is 37.0 Å². The maximum Gasteiger partial charge on any atom is 0.236 e. The van der Waals surface area contributed by atoms with E-state index in [0.29, 0.717) is 11.3 Å². The minimum Gasteiger partial charge on any atom is -0.337 e. The molecule has 15 heavy (non-hydrogen) atoms. The Hall–Kier alpha value is 0.0700. The fourth-order valence-corrected chi connectivity index (χ4v) is 3.97. The third-order valence-electron chi connectivity index (χ3n) is 3.23. The molecule has 88 valence electrons. The van der Waals surface area contributed by atoms with Crippen LogP contribution in [0.2, 0.25) is 0 Å². The SMILES string of the molecule is Cl.NCC(=O)N1CCSC2CCCCC21. The van der Waals surface area contributed by atoms with Gasteiger partial charge in [0.15, 0.2) is 0 Å². The van der Waals surface area contributed by atoms with Gasteiger partial charge in [-0.25, -0.2) is 0 Å². The zero-order valence-electron chi connectivity index (χ0n) is 8.85. The Morgan fingerprint density at radius 3 is 2.87 bits per heavy atom. The number of fused-ring (bicyclic) bond motifs is 1. The van der Waals surface area contributed by atoms with Crippen molar-refractivity contribution < 1.29 is 4.79 Å². The summed E-state index contributed by atoms with van der Waals surface area (Å²) in [4.78, 5) is 13.6. The van der Waals surface area contributed by atoms with Crippen molar-refractivity contribution in [2.75, 3.05) is 18.8 Å². The Balaban J connectivity index is 0.00000112. The first-order chi connectivity index (χ1) is 6.83. The van der Waals surface area contributed by atoms with E-state index >= 15 is 0 Å². The molecular formula is C10H19ClN2OS. The van der Waals surface area contributed by atoms with Crippen LogP contribution in [0.3, 0.4) is 0 Å². The van der Waals surface area contributed by atoms with Gasteiger partial charge < -0.3 is 10.6 Å². The molecule has 0 bridgehead atoms. The quantitative estimate of drug-likeness (QED) is 0.762. The Bertz CT molecular complexity index is 225. The van der Waals surface area contributed by atoms with Crippen LogP contribution in [0, 0.1) is 0 Å². The number of amides is 1. The number of thioether (sulfide) groups is 1. The Morgan fingerprint density at radius 1 is 1.40 bits per heavy atom. The lowest BCUT2D eigenvalue weighted by Gasteiger charge is -2.43. The Labute approximate surface area is 102 Å². The van der Waals surface area contributed by atoms with Crippen LogP contribution in [0.5, 0.6) is 0 Å². The topological polar surface area (TPSA) is 46.3 Å². The molecule has 1 aliphatic carbocycles. The van der Waals surface area contributed by atoms with Crippen molar-refractivity contribution >= 4 is 30.1 Å². The van der Waals surface area contributed by atoms with Gasteiger partial charge in [0, 0.05) is 23.6 Å². The lowest BCUT2D eigenvalue weighted by Crippen LogP contribution is -2.53. The molecule has 2 N–H and O–H groups in total. The van der Waals surface area contributed by atoms with Gasteiger partial charge in [-0.15, -0.1) is 12.4 Å². The lowest BCUT2D eigenvalue weighted by molar-refractivity contribution is -0.132. The highest BCUT2D eigenvalue weighted by Crippen LogP contribution is 2.35. The van der Waals surface area contributed by atoms with Crippen LogP contribution in [0.15, 0.2) is 0 Å². The lowest BCUT2D eigenvalue weighted by atomic mass is 9.93. The highest BCUT2D eigenvalue weighted by molar-refractivity contribution is 8.00. The highest BCUT2D eigenvalue weighted by Gasteiger charge is 2.35. The molecule has 2 atom stereocenters. The maximum atomic E-state index is 11.6. The third kappa shape index (κ3) is 2.80. The van der Waals surface area contributed by atoms with Crippen LogP contribution in [-0.4, -0.2) is 40.9 Å². The molecule has 2 rings (SSSR count). The van der Waals surface area contributed by atoms with Crippen molar-refractivity contribution in [3.05, 3.63) is 0 Å². The van der Waals surface area contributed by atoms with Crippen LogP contribution in [0.4, 0.5) is 0 Å². The van der Waals surface area contributed by atoms with Crippen molar-refractivity contribution in [1.82, 2.24) is 4.90 Å². The highest BCUT2D eigenvalue weighted by atomic mass is 35.5. The number of carbonyl (C=O) groups excluding carboxylic acids is 1. The molecule has 1 saturated heterocycles. The summed E-state index contributed by atoms with van der Waals surface area (Å²) in [6, 6.07) is 0.485. The van der Waals surface area contributed by atoms with Crippen molar-refractivity contribution in [1.29, 1.82) is 0 Å². The number of carbonyl (C=O) groups is 1. The summed E-state index contributed by atoms with van der Waals surface area (Å²) in [7, 11) is 0. The number of rotatable bonds is 1. The first-order valence-corrected chi connectivity index (χ1v) is 6.49. The first-order valence-electron chi connectivity index (χ1n) is 5.44. The van der Waals surface area contributed by atoms with Crippen molar-refractivity contribution in [3.63, 3.8) is 0 Å². The van der Waals surface area contributed by atoms with E-state index in [2.05, 4.69) is 0 Å². The summed E-state index contributed by atoms with van der Waals surface area (Å²) in [5.41, 5.74) is 5.43. The molecule has 3 nitrogen and oxygen atoms in total. The van der Waals surface area contributed by atoms with E-state index in [-0.39, 0.29) is 24.9 Å². The van der Waals surface area contributed by atoms with Crippen LogP contribution in [-0.2, 0) is 4.79 Å². The molecule has 1 aliphatic heterocycles. The van der Waals surface area contributed by atoms with Gasteiger partial charge in [0.1, 0.15) is 0 Å². The molecule has 5 heteroatoms. The van der Waals surface area contributed by atoms with Gasteiger partial charge in [-0.05, 0) is 12.8 Å². The van der Waals surface area contributed by atoms with Crippen LogP contribution in [0.25, 0.3) is 0 Å². The van der Waals surface area contributed by atoms with E-state index in [1.807, 2.05) is 16.7 Å². The minimum absolute atomic E-state index is 0. The molecule has 0 radical (unpaired) electrons. The number of hydrogen-bond acceptors (Lipinski definition) is 3. The number of hydrogen-bond donors (Lipinski definition) is 1. The van der Waals surface area contributed by atoms with Gasteiger partial charge in [0.05, 0.1) is 6.54 Å². The Morgan fingerprint density at radius 2 is 2.13 bits per heavy atom. The van der Waals surface area contributed by atoms with E-state index in [9.17, 15) is 4.79 Å². The molecule has 0 spiro atoms. The van der Waals surface area contributed by atoms with Crippen molar-refractivity contribution in [3.8, 4) is 0 Å². The van der Waals surface area contributed by atoms with Crippen LogP contribution >= 0.6 is 24.2 Å². The molecule has 0 aromatic rings. The summed E-state index contributed by atoms with van der Waals surface area (Å²) in [5, 5.41) is 0.688. The zero-order chi connectivity index (χ0) is 9.97. The van der Waals surface area contributed by atoms with Gasteiger partial charge in [0.2, 0.25) is 5.91 Å². The third-order valence-corrected chi connectivity index (χ3v) is 4.62. The standard InChI is InChI=1S/C10H18N2OS.ClH/c11-7-10(13)12-5-6-14-9-4-2-1-3-8(9)12;/h8-9H,1-7,11H2;1H. The number of nitrogens with zero attached hydrogens (tertiary/aromatic N) is 1. The van der Waals surface area contributed by atoms with E-state index in [1.165, 1.54) is 25.7 Å². The monoisotopic (exact) mass is 250 g/mol. The number of nitrogens with two attached hydrogens (primary N) is 1. The second-order valence-corrected chi connectivity index (χ2v) is 5.40. The summed E-state index contributed by atoms with van der Waals surface area (Å²) >= 11 is 2.04. The van der Waals surface area contributed by atoms with Crippen LogP contribution < -0.4 is 5.73 Å². The fourth-order valence-electron chi connectivity index (χ4n) is 2.52. The summed E-state index contributed by atoms with van der Waals surface area (Å²) in [5.74, 6) is 1.23. The normalized spacial score (nSPS) is 30.3. The van der Waals surface area contributed by atoms with E-state index in [0.717, 1.165) is 12.3 Å². The Kier molecular flexibility index (Phi) is 5.23. The van der Waals surface area contributed by atoms with Gasteiger partial charge >= 0.3 is 0 Å². The molecule has 1 saturated carbocycles. The number of halogens is 1. The molecule has 2 fully saturated rings. The van der Waals surface area contributed by atoms with E-state index < -0.39 is 0 Å². The largest absolute Gasteiger partial charge is 0.337 e. The van der Waals surface area contributed by atoms with Gasteiger partial charge in [-0.3, -0.25) is 4.79 Å². The van der Waals surface area contributed by atoms with Gasteiger partial charge in [-0.1, -0.05) is 12.8 Å². The molecular weight excluding hydrogens is 232 g/mol.